The Kier molecular flexibility index (Phi) is 7.06. The number of benzene rings is 1. The first kappa shape index (κ1) is 24.7. The molecule has 9 nitrogen and oxygen atoms in total. The Morgan fingerprint density at radius 2 is 1.95 bits per heavy atom. The number of nitrogens with one attached hydrogen (secondary N) is 1. The summed E-state index contributed by atoms with van der Waals surface area (Å²) < 4.78 is 5.42. The molecular weight excluding hydrogens is 514 g/mol. The van der Waals surface area contributed by atoms with Crippen LogP contribution in [0.25, 0.3) is 0 Å². The Balaban J connectivity index is 1.33. The summed E-state index contributed by atoms with van der Waals surface area (Å²) in [6.45, 7) is 0. The number of nitrogens with zero attached hydrogens (tertiary/aromatic N) is 2. The van der Waals surface area contributed by atoms with Crippen molar-refractivity contribution in [3.05, 3.63) is 94.1 Å². The number of fused-ring (bicyclic) bond motifs is 1. The summed E-state index contributed by atoms with van der Waals surface area (Å²) in [5, 5.41) is 13.7. The zero-order valence-electron chi connectivity index (χ0n) is 19.3. The second-order valence-corrected chi connectivity index (χ2v) is 10.5. The Labute approximate surface area is 220 Å². The maximum Gasteiger partial charge on any atom is 0.352 e. The second kappa shape index (κ2) is 10.6. The van der Waals surface area contributed by atoms with Crippen LogP contribution in [0.15, 0.2) is 83.6 Å². The van der Waals surface area contributed by atoms with Gasteiger partial charge >= 0.3 is 11.9 Å². The van der Waals surface area contributed by atoms with Crippen molar-refractivity contribution >= 4 is 46.9 Å². The molecule has 5 rings (SSSR count). The second-order valence-electron chi connectivity index (χ2n) is 8.37. The molecule has 2 aromatic heterocycles. The van der Waals surface area contributed by atoms with E-state index in [1.807, 2.05) is 6.07 Å². The molecule has 1 fully saturated rings. The molecule has 4 heterocycles. The maximum atomic E-state index is 13.3. The summed E-state index contributed by atoms with van der Waals surface area (Å²) in [7, 11) is 0. The number of thioether (sulfide) groups is 1. The number of carboxylic acid groups (broad SMARTS) is 1. The number of ether oxygens (including phenoxy) is 1. The van der Waals surface area contributed by atoms with Gasteiger partial charge in [-0.1, -0.05) is 30.3 Å². The van der Waals surface area contributed by atoms with Crippen LogP contribution in [0, 0.1) is 0 Å². The van der Waals surface area contributed by atoms with Crippen molar-refractivity contribution in [3.8, 4) is 5.75 Å². The van der Waals surface area contributed by atoms with Gasteiger partial charge in [0.15, 0.2) is 5.92 Å². The average molecular weight is 536 g/mol. The lowest BCUT2D eigenvalue weighted by Crippen LogP contribution is -2.71. The topological polar surface area (TPSA) is 126 Å². The molecule has 37 heavy (non-hydrogen) atoms. The number of hydrogen-bond acceptors (Lipinski definition) is 8. The first-order valence-corrected chi connectivity index (χ1v) is 13.3. The van der Waals surface area contributed by atoms with E-state index in [1.54, 1.807) is 66.3 Å². The molecule has 0 saturated carbocycles. The molecule has 0 aliphatic carbocycles. The van der Waals surface area contributed by atoms with E-state index in [2.05, 4.69) is 10.3 Å². The maximum absolute atomic E-state index is 13.3. The molecule has 1 aromatic carbocycles. The minimum absolute atomic E-state index is 0.0682. The fourth-order valence-corrected chi connectivity index (χ4v) is 6.43. The highest BCUT2D eigenvalue weighted by atomic mass is 32.2. The molecule has 0 bridgehead atoms. The van der Waals surface area contributed by atoms with E-state index in [0.29, 0.717) is 28.4 Å². The van der Waals surface area contributed by atoms with Gasteiger partial charge in [-0.15, -0.1) is 23.1 Å². The van der Waals surface area contributed by atoms with Crippen molar-refractivity contribution in [2.24, 2.45) is 0 Å². The lowest BCUT2D eigenvalue weighted by atomic mass is 9.98. The highest BCUT2D eigenvalue weighted by Crippen LogP contribution is 2.41. The van der Waals surface area contributed by atoms with Crippen molar-refractivity contribution in [1.82, 2.24) is 15.2 Å². The fourth-order valence-electron chi connectivity index (χ4n) is 4.28. The summed E-state index contributed by atoms with van der Waals surface area (Å²) in [5.74, 6) is -3.78. The molecule has 2 aliphatic heterocycles. The normalized spacial score (nSPS) is 19.5. The van der Waals surface area contributed by atoms with E-state index in [-0.39, 0.29) is 5.70 Å². The van der Waals surface area contributed by atoms with Gasteiger partial charge in [-0.3, -0.25) is 24.3 Å². The van der Waals surface area contributed by atoms with Crippen molar-refractivity contribution in [2.75, 3.05) is 5.75 Å². The highest BCUT2D eigenvalue weighted by molar-refractivity contribution is 8.00. The van der Waals surface area contributed by atoms with Crippen LogP contribution in [-0.4, -0.2) is 55.9 Å². The van der Waals surface area contributed by atoms with E-state index in [9.17, 15) is 24.3 Å². The molecule has 188 valence electrons. The van der Waals surface area contributed by atoms with Gasteiger partial charge in [0.05, 0.1) is 0 Å². The largest absolute Gasteiger partial charge is 0.477 e. The standard InChI is InChI=1S/C26H21N3O6S2/c30-22(19(18-9-5-11-36-18)26(34)35-17-7-2-1-3-8-17)28-20-23(31)29-21(25(32)33)16(14-37-24(20)29)12-15-6-4-10-27-13-15/h1-11,13,19-20,24H,12,14H2,(H,28,30)(H,32,33)/t19?,20-,24-/m1/s1. The van der Waals surface area contributed by atoms with E-state index in [1.165, 1.54) is 28.0 Å². The van der Waals surface area contributed by atoms with Crippen molar-refractivity contribution in [2.45, 2.75) is 23.8 Å². The van der Waals surface area contributed by atoms with Crippen LogP contribution in [0.4, 0.5) is 0 Å². The molecule has 3 aromatic rings. The lowest BCUT2D eigenvalue weighted by molar-refractivity contribution is -0.151. The smallest absolute Gasteiger partial charge is 0.352 e. The third-order valence-electron chi connectivity index (χ3n) is 5.98. The SMILES string of the molecule is O=C(O)C1=C(Cc2cccnc2)CS[C@@H]2[C@H](NC(=O)C(C(=O)Oc3ccccc3)c3cccs3)C(=O)N12. The molecule has 0 spiro atoms. The summed E-state index contributed by atoms with van der Waals surface area (Å²) in [5.41, 5.74) is 1.37. The van der Waals surface area contributed by atoms with E-state index < -0.39 is 41.1 Å². The number of para-hydroxylation sites is 1. The van der Waals surface area contributed by atoms with E-state index >= 15 is 0 Å². The van der Waals surface area contributed by atoms with Gasteiger partial charge in [0.2, 0.25) is 5.91 Å². The van der Waals surface area contributed by atoms with Crippen LogP contribution < -0.4 is 10.1 Å². The first-order chi connectivity index (χ1) is 17.9. The number of hydrogen-bond donors (Lipinski definition) is 2. The highest BCUT2D eigenvalue weighted by Gasteiger charge is 2.54. The summed E-state index contributed by atoms with van der Waals surface area (Å²) >= 11 is 2.60. The Bertz CT molecular complexity index is 1360. The number of pyridine rings is 1. The van der Waals surface area contributed by atoms with Gasteiger partial charge in [-0.2, -0.15) is 0 Å². The quantitative estimate of drug-likeness (QED) is 0.195. The van der Waals surface area contributed by atoms with Gasteiger partial charge in [0.1, 0.15) is 22.9 Å². The number of carbonyl (C=O) groups excluding carboxylic acids is 3. The molecule has 1 saturated heterocycles. The first-order valence-electron chi connectivity index (χ1n) is 11.3. The number of carboxylic acids is 1. The molecule has 2 amide bonds. The third-order valence-corrected chi connectivity index (χ3v) is 8.25. The third kappa shape index (κ3) is 5.00. The van der Waals surface area contributed by atoms with Gasteiger partial charge in [0, 0.05) is 23.0 Å². The average Bonchev–Trinajstić information content (AvgIpc) is 3.42. The number of carbonyl (C=O) groups is 4. The van der Waals surface area contributed by atoms with E-state index in [4.69, 9.17) is 4.74 Å². The Morgan fingerprint density at radius 1 is 1.14 bits per heavy atom. The number of amides is 2. The number of aromatic nitrogens is 1. The number of aliphatic carboxylic acids is 1. The molecule has 1 unspecified atom stereocenters. The summed E-state index contributed by atoms with van der Waals surface area (Å²) in [6, 6.07) is 14.4. The molecule has 2 N–H and O–H groups in total. The van der Waals surface area contributed by atoms with Gasteiger partial charge in [0.25, 0.3) is 5.91 Å². The lowest BCUT2D eigenvalue weighted by Gasteiger charge is -2.49. The van der Waals surface area contributed by atoms with E-state index in [0.717, 1.165) is 5.56 Å². The van der Waals surface area contributed by atoms with Crippen molar-refractivity contribution in [1.29, 1.82) is 0 Å². The van der Waals surface area contributed by atoms with Crippen LogP contribution in [0.5, 0.6) is 5.75 Å². The Hall–Kier alpha value is -3.96. The van der Waals surface area contributed by atoms with Crippen LogP contribution in [-0.2, 0) is 25.6 Å². The monoisotopic (exact) mass is 535 g/mol. The van der Waals surface area contributed by atoms with Crippen LogP contribution in [0.2, 0.25) is 0 Å². The van der Waals surface area contributed by atoms with Crippen LogP contribution in [0.3, 0.4) is 0 Å². The van der Waals surface area contributed by atoms with Gasteiger partial charge < -0.3 is 15.2 Å². The number of thiophene rings is 1. The fraction of sp³-hybridized carbons (Fsp3) is 0.192. The summed E-state index contributed by atoms with van der Waals surface area (Å²) in [4.78, 5) is 57.3. The number of rotatable bonds is 8. The van der Waals surface area contributed by atoms with Gasteiger partial charge in [-0.05, 0) is 47.2 Å². The van der Waals surface area contributed by atoms with Crippen LogP contribution >= 0.6 is 23.1 Å². The summed E-state index contributed by atoms with van der Waals surface area (Å²) in [6.07, 6.45) is 3.64. The number of esters is 1. The Morgan fingerprint density at radius 3 is 2.62 bits per heavy atom. The molecule has 3 atom stereocenters. The van der Waals surface area contributed by atoms with Crippen molar-refractivity contribution in [3.63, 3.8) is 0 Å². The minimum atomic E-state index is -1.27. The van der Waals surface area contributed by atoms with Gasteiger partial charge in [-0.25, -0.2) is 4.79 Å². The molecular formula is C26H21N3O6S2. The minimum Gasteiger partial charge on any atom is -0.477 e. The predicted molar refractivity (Wildman–Crippen MR) is 137 cm³/mol. The zero-order valence-corrected chi connectivity index (χ0v) is 20.9. The molecule has 2 aliphatic rings. The zero-order chi connectivity index (χ0) is 25.9. The van der Waals surface area contributed by atoms with Crippen LogP contribution in [0.1, 0.15) is 16.4 Å². The molecule has 11 heteroatoms. The number of β-lactam (4-membered cyclic amide) rings is 1. The predicted octanol–water partition coefficient (Wildman–Crippen LogP) is 2.81. The van der Waals surface area contributed by atoms with Crippen molar-refractivity contribution < 1.29 is 29.0 Å². The molecule has 0 radical (unpaired) electrons.